The maximum Gasteiger partial charge on any atom is 0.328 e. The predicted octanol–water partition coefficient (Wildman–Crippen LogP) is 3.31. The molecule has 0 bridgehead atoms. The van der Waals surface area contributed by atoms with E-state index >= 15 is 0 Å². The third kappa shape index (κ3) is 4.31. The largest absolute Gasteiger partial charge is 0.381 e. The van der Waals surface area contributed by atoms with Gasteiger partial charge in [-0.15, -0.1) is 0 Å². The average molecular weight is 410 g/mol. The second kappa shape index (κ2) is 9.29. The highest BCUT2D eigenvalue weighted by atomic mass is 19.1. The Morgan fingerprint density at radius 2 is 1.69 bits per heavy atom. The summed E-state index contributed by atoms with van der Waals surface area (Å²) in [4.78, 5) is 30.0. The summed E-state index contributed by atoms with van der Waals surface area (Å²) in [6.45, 7) is 1.65. The molecule has 0 spiro atoms. The fourth-order valence-corrected chi connectivity index (χ4v) is 5.93. The quantitative estimate of drug-likeness (QED) is 0.757. The van der Waals surface area contributed by atoms with E-state index in [0.717, 1.165) is 64.3 Å². The van der Waals surface area contributed by atoms with Crippen LogP contribution in [-0.2, 0) is 9.53 Å². The first-order valence-electron chi connectivity index (χ1n) is 11.6. The number of carbonyl (C=O) groups excluding carboxylic acids is 2. The number of amides is 3. The molecule has 7 heteroatoms. The Morgan fingerprint density at radius 3 is 2.45 bits per heavy atom. The van der Waals surface area contributed by atoms with Gasteiger partial charge >= 0.3 is 6.03 Å². The van der Waals surface area contributed by atoms with Gasteiger partial charge in [-0.3, -0.25) is 15.0 Å². The van der Waals surface area contributed by atoms with E-state index in [0.29, 0.717) is 19.5 Å². The number of nitrogens with zero attached hydrogens (tertiary/aromatic N) is 2. The third-order valence-corrected chi connectivity index (χ3v) is 7.63. The standard InChI is InChI=1S/C22H36FN3O3/c1-29-19-11-5-3-8-16(19)14-26-21(27)17-9-6-12-24-20(17)25(22(26)28)13-15-7-2-4-10-18(15)23/h15-20,24H,2-14H2,1H3. The summed E-state index contributed by atoms with van der Waals surface area (Å²) in [5.41, 5.74) is 0. The van der Waals surface area contributed by atoms with Crippen molar-refractivity contribution >= 4 is 11.9 Å². The number of urea groups is 1. The molecule has 1 N–H and O–H groups in total. The van der Waals surface area contributed by atoms with Crippen molar-refractivity contribution in [1.29, 1.82) is 0 Å². The number of piperidine rings is 1. The molecule has 2 saturated heterocycles. The maximum atomic E-state index is 14.5. The highest BCUT2D eigenvalue weighted by Gasteiger charge is 2.49. The Balaban J connectivity index is 1.53. The molecule has 4 rings (SSSR count). The lowest BCUT2D eigenvalue weighted by Crippen LogP contribution is -2.68. The summed E-state index contributed by atoms with van der Waals surface area (Å²) in [5, 5.41) is 3.39. The number of hydrogen-bond donors (Lipinski definition) is 1. The van der Waals surface area contributed by atoms with Crippen molar-refractivity contribution in [3.8, 4) is 0 Å². The van der Waals surface area contributed by atoms with Crippen molar-refractivity contribution in [2.24, 2.45) is 17.8 Å². The van der Waals surface area contributed by atoms with Gasteiger partial charge in [-0.25, -0.2) is 9.18 Å². The predicted molar refractivity (Wildman–Crippen MR) is 108 cm³/mol. The second-order valence-corrected chi connectivity index (χ2v) is 9.41. The molecular weight excluding hydrogens is 373 g/mol. The van der Waals surface area contributed by atoms with Gasteiger partial charge in [0.05, 0.1) is 18.2 Å². The molecule has 0 aromatic rings. The van der Waals surface area contributed by atoms with E-state index in [1.165, 1.54) is 4.90 Å². The van der Waals surface area contributed by atoms with Crippen molar-refractivity contribution in [3.05, 3.63) is 0 Å². The lowest BCUT2D eigenvalue weighted by atomic mass is 9.84. The molecular formula is C22H36FN3O3. The summed E-state index contributed by atoms with van der Waals surface area (Å²) >= 11 is 0. The minimum absolute atomic E-state index is 0.0516. The summed E-state index contributed by atoms with van der Waals surface area (Å²) in [6.07, 6.45) is 8.29. The van der Waals surface area contributed by atoms with Crippen molar-refractivity contribution in [3.63, 3.8) is 0 Å². The molecule has 0 aromatic carbocycles. The van der Waals surface area contributed by atoms with Gasteiger partial charge in [-0.05, 0) is 45.1 Å². The van der Waals surface area contributed by atoms with Crippen molar-refractivity contribution < 1.29 is 18.7 Å². The first kappa shape index (κ1) is 21.0. The zero-order chi connectivity index (χ0) is 20.4. The van der Waals surface area contributed by atoms with Crippen LogP contribution in [0, 0.1) is 17.8 Å². The van der Waals surface area contributed by atoms with Gasteiger partial charge in [0.15, 0.2) is 0 Å². The number of halogens is 1. The first-order chi connectivity index (χ1) is 14.1. The van der Waals surface area contributed by atoms with Crippen LogP contribution in [0.5, 0.6) is 0 Å². The van der Waals surface area contributed by atoms with Gasteiger partial charge in [0.25, 0.3) is 0 Å². The summed E-state index contributed by atoms with van der Waals surface area (Å²) < 4.78 is 20.2. The monoisotopic (exact) mass is 409 g/mol. The molecule has 6 atom stereocenters. The number of imide groups is 1. The molecule has 2 heterocycles. The average Bonchev–Trinajstić information content (AvgIpc) is 2.75. The number of fused-ring (bicyclic) bond motifs is 1. The van der Waals surface area contributed by atoms with E-state index < -0.39 is 6.17 Å². The van der Waals surface area contributed by atoms with E-state index in [1.54, 1.807) is 12.0 Å². The van der Waals surface area contributed by atoms with E-state index in [4.69, 9.17) is 4.74 Å². The number of methoxy groups -OCH3 is 1. The summed E-state index contributed by atoms with van der Waals surface area (Å²) in [5.74, 6) is -0.189. The highest BCUT2D eigenvalue weighted by Crippen LogP contribution is 2.35. The molecule has 6 nitrogen and oxygen atoms in total. The molecule has 0 radical (unpaired) electrons. The number of hydrogen-bond acceptors (Lipinski definition) is 4. The fraction of sp³-hybridized carbons (Fsp3) is 0.909. The van der Waals surface area contributed by atoms with Crippen LogP contribution >= 0.6 is 0 Å². The van der Waals surface area contributed by atoms with Crippen LogP contribution in [-0.4, -0.2) is 66.9 Å². The molecule has 4 fully saturated rings. The molecule has 164 valence electrons. The first-order valence-corrected chi connectivity index (χ1v) is 11.6. The molecule has 2 aliphatic carbocycles. The Morgan fingerprint density at radius 1 is 0.966 bits per heavy atom. The van der Waals surface area contributed by atoms with E-state index in [9.17, 15) is 14.0 Å². The minimum Gasteiger partial charge on any atom is -0.381 e. The van der Waals surface area contributed by atoms with Crippen LogP contribution in [0.4, 0.5) is 9.18 Å². The Labute approximate surface area is 173 Å². The molecule has 2 aliphatic heterocycles. The van der Waals surface area contributed by atoms with Crippen LogP contribution < -0.4 is 5.32 Å². The number of rotatable bonds is 5. The smallest absolute Gasteiger partial charge is 0.328 e. The normalized spacial score (nSPS) is 38.8. The van der Waals surface area contributed by atoms with Gasteiger partial charge in [-0.2, -0.15) is 0 Å². The van der Waals surface area contributed by atoms with Gasteiger partial charge in [-0.1, -0.05) is 25.7 Å². The Bertz CT molecular complexity index is 604. The number of nitrogens with one attached hydrogen (secondary N) is 1. The number of alkyl halides is 1. The number of ether oxygens (including phenoxy) is 1. The molecule has 2 saturated carbocycles. The molecule has 0 aromatic heterocycles. The zero-order valence-corrected chi connectivity index (χ0v) is 17.7. The third-order valence-electron chi connectivity index (χ3n) is 7.63. The Kier molecular flexibility index (Phi) is 6.74. The van der Waals surface area contributed by atoms with Gasteiger partial charge in [0.1, 0.15) is 6.17 Å². The lowest BCUT2D eigenvalue weighted by Gasteiger charge is -2.49. The molecule has 4 aliphatic rings. The van der Waals surface area contributed by atoms with E-state index in [2.05, 4.69) is 5.32 Å². The van der Waals surface area contributed by atoms with Crippen molar-refractivity contribution in [2.45, 2.75) is 82.6 Å². The van der Waals surface area contributed by atoms with Crippen LogP contribution in [0.15, 0.2) is 0 Å². The SMILES string of the molecule is COC1CCCCC1CN1C(=O)C2CCCNC2N(CC2CCCCC2F)C1=O. The van der Waals surface area contributed by atoms with Crippen LogP contribution in [0.2, 0.25) is 0 Å². The Hall–Kier alpha value is -1.21. The molecule has 3 amide bonds. The summed E-state index contributed by atoms with van der Waals surface area (Å²) in [6, 6.07) is -0.233. The van der Waals surface area contributed by atoms with Gasteiger partial charge in [0.2, 0.25) is 5.91 Å². The van der Waals surface area contributed by atoms with Gasteiger partial charge in [0, 0.05) is 32.0 Å². The zero-order valence-electron chi connectivity index (χ0n) is 17.7. The highest BCUT2D eigenvalue weighted by molar-refractivity contribution is 5.98. The van der Waals surface area contributed by atoms with Gasteiger partial charge < -0.3 is 9.64 Å². The van der Waals surface area contributed by atoms with Crippen molar-refractivity contribution in [2.75, 3.05) is 26.7 Å². The number of carbonyl (C=O) groups is 2. The fourth-order valence-electron chi connectivity index (χ4n) is 5.93. The van der Waals surface area contributed by atoms with E-state index in [-0.39, 0.29) is 42.0 Å². The molecule has 29 heavy (non-hydrogen) atoms. The van der Waals surface area contributed by atoms with Crippen LogP contribution in [0.3, 0.4) is 0 Å². The van der Waals surface area contributed by atoms with Crippen molar-refractivity contribution in [1.82, 2.24) is 15.1 Å². The molecule has 6 unspecified atom stereocenters. The topological polar surface area (TPSA) is 61.9 Å². The maximum absolute atomic E-state index is 14.5. The van der Waals surface area contributed by atoms with E-state index in [1.807, 2.05) is 0 Å². The van der Waals surface area contributed by atoms with Crippen LogP contribution in [0.25, 0.3) is 0 Å². The lowest BCUT2D eigenvalue weighted by molar-refractivity contribution is -0.143. The second-order valence-electron chi connectivity index (χ2n) is 9.41. The van der Waals surface area contributed by atoms with Crippen LogP contribution in [0.1, 0.15) is 64.2 Å². The minimum atomic E-state index is -0.846. The summed E-state index contributed by atoms with van der Waals surface area (Å²) in [7, 11) is 1.72.